The van der Waals surface area contributed by atoms with E-state index in [0.29, 0.717) is 6.54 Å². The Bertz CT molecular complexity index is 461. The standard InChI is InChI=1S/C18H31N5/c1-3-11-20-18(19-4-2)22-15-16-9-10-17(21-14-16)23-12-7-5-6-8-13-23/h9-10,14H,3-8,11-13,15H2,1-2H3,(H2,19,20,22). The third kappa shape index (κ3) is 6.08. The first-order chi connectivity index (χ1) is 11.3. The van der Waals surface area contributed by atoms with Gasteiger partial charge in [-0.2, -0.15) is 0 Å². The summed E-state index contributed by atoms with van der Waals surface area (Å²) in [5.41, 5.74) is 1.15. The number of aromatic nitrogens is 1. The third-order valence-corrected chi connectivity index (χ3v) is 4.05. The summed E-state index contributed by atoms with van der Waals surface area (Å²) in [4.78, 5) is 11.7. The number of rotatable bonds is 6. The van der Waals surface area contributed by atoms with Gasteiger partial charge in [-0.05, 0) is 37.8 Å². The van der Waals surface area contributed by atoms with Gasteiger partial charge in [0, 0.05) is 32.4 Å². The molecule has 1 aliphatic heterocycles. The first-order valence-electron chi connectivity index (χ1n) is 9.05. The molecule has 1 fully saturated rings. The summed E-state index contributed by atoms with van der Waals surface area (Å²) in [5.74, 6) is 1.99. The van der Waals surface area contributed by atoms with E-state index in [-0.39, 0.29) is 0 Å². The summed E-state index contributed by atoms with van der Waals surface area (Å²) >= 11 is 0. The summed E-state index contributed by atoms with van der Waals surface area (Å²) in [6, 6.07) is 4.29. The Labute approximate surface area is 140 Å². The summed E-state index contributed by atoms with van der Waals surface area (Å²) in [7, 11) is 0. The van der Waals surface area contributed by atoms with Crippen LogP contribution in [0.1, 0.15) is 51.5 Å². The predicted octanol–water partition coefficient (Wildman–Crippen LogP) is 2.93. The van der Waals surface area contributed by atoms with Crippen LogP contribution in [-0.4, -0.2) is 37.1 Å². The van der Waals surface area contributed by atoms with Crippen molar-refractivity contribution >= 4 is 11.8 Å². The predicted molar refractivity (Wildman–Crippen MR) is 98.0 cm³/mol. The van der Waals surface area contributed by atoms with Gasteiger partial charge < -0.3 is 15.5 Å². The van der Waals surface area contributed by atoms with Gasteiger partial charge in [-0.25, -0.2) is 9.98 Å². The van der Waals surface area contributed by atoms with E-state index in [4.69, 9.17) is 0 Å². The third-order valence-electron chi connectivity index (χ3n) is 4.05. The molecule has 0 radical (unpaired) electrons. The largest absolute Gasteiger partial charge is 0.357 e. The van der Waals surface area contributed by atoms with Crippen molar-refractivity contribution in [2.24, 2.45) is 4.99 Å². The van der Waals surface area contributed by atoms with Gasteiger partial charge in [0.1, 0.15) is 5.82 Å². The molecule has 1 aliphatic rings. The zero-order chi connectivity index (χ0) is 16.3. The lowest BCUT2D eigenvalue weighted by atomic mass is 10.2. The number of aliphatic imine (C=N–C) groups is 1. The van der Waals surface area contributed by atoms with Gasteiger partial charge in [-0.1, -0.05) is 25.8 Å². The number of hydrogen-bond donors (Lipinski definition) is 2. The maximum Gasteiger partial charge on any atom is 0.191 e. The molecule has 1 aromatic rings. The van der Waals surface area contributed by atoms with E-state index in [9.17, 15) is 0 Å². The summed E-state index contributed by atoms with van der Waals surface area (Å²) in [6.07, 6.45) is 8.32. The zero-order valence-corrected chi connectivity index (χ0v) is 14.6. The number of hydrogen-bond acceptors (Lipinski definition) is 3. The molecule has 2 N–H and O–H groups in total. The number of nitrogens with zero attached hydrogens (tertiary/aromatic N) is 3. The highest BCUT2D eigenvalue weighted by Gasteiger charge is 2.10. The van der Waals surface area contributed by atoms with Crippen LogP contribution in [0.4, 0.5) is 5.82 Å². The fraction of sp³-hybridized carbons (Fsp3) is 0.667. The number of pyridine rings is 1. The maximum absolute atomic E-state index is 4.65. The van der Waals surface area contributed by atoms with E-state index in [1.807, 2.05) is 6.20 Å². The molecule has 2 heterocycles. The van der Waals surface area contributed by atoms with Crippen molar-refractivity contribution in [1.82, 2.24) is 15.6 Å². The van der Waals surface area contributed by atoms with Crippen molar-refractivity contribution in [2.45, 2.75) is 52.5 Å². The van der Waals surface area contributed by atoms with E-state index in [2.05, 4.69) is 51.5 Å². The van der Waals surface area contributed by atoms with Gasteiger partial charge in [0.05, 0.1) is 6.54 Å². The lowest BCUT2D eigenvalue weighted by Crippen LogP contribution is -2.37. The minimum atomic E-state index is 0.659. The Morgan fingerprint density at radius 2 is 1.91 bits per heavy atom. The Hall–Kier alpha value is -1.78. The number of nitrogens with one attached hydrogen (secondary N) is 2. The maximum atomic E-state index is 4.65. The lowest BCUT2D eigenvalue weighted by molar-refractivity contribution is 0.726. The van der Waals surface area contributed by atoms with Gasteiger partial charge in [-0.3, -0.25) is 0 Å². The minimum absolute atomic E-state index is 0.659. The molecule has 128 valence electrons. The van der Waals surface area contributed by atoms with Crippen LogP contribution in [0, 0.1) is 0 Å². The number of anilines is 1. The van der Waals surface area contributed by atoms with Crippen molar-refractivity contribution in [2.75, 3.05) is 31.1 Å². The normalized spacial score (nSPS) is 16.1. The van der Waals surface area contributed by atoms with E-state index in [1.165, 1.54) is 25.7 Å². The van der Waals surface area contributed by atoms with E-state index in [1.54, 1.807) is 0 Å². The SMILES string of the molecule is CCCNC(=NCc1ccc(N2CCCCCC2)nc1)NCC. The van der Waals surface area contributed by atoms with Crippen molar-refractivity contribution in [1.29, 1.82) is 0 Å². The summed E-state index contributed by atoms with van der Waals surface area (Å²) in [5, 5.41) is 6.59. The average Bonchev–Trinajstić information content (AvgIpc) is 2.87. The zero-order valence-electron chi connectivity index (χ0n) is 14.6. The molecule has 2 rings (SSSR count). The van der Waals surface area contributed by atoms with Crippen LogP contribution >= 0.6 is 0 Å². The molecule has 0 aromatic carbocycles. The van der Waals surface area contributed by atoms with Crippen LogP contribution in [0.25, 0.3) is 0 Å². The van der Waals surface area contributed by atoms with Crippen molar-refractivity contribution in [3.8, 4) is 0 Å². The summed E-state index contributed by atoms with van der Waals surface area (Å²) in [6.45, 7) is 8.99. The average molecular weight is 317 g/mol. The second-order valence-corrected chi connectivity index (χ2v) is 6.05. The first kappa shape index (κ1) is 17.6. The quantitative estimate of drug-likeness (QED) is 0.626. The second kappa shape index (κ2) is 10.1. The fourth-order valence-electron chi connectivity index (χ4n) is 2.75. The highest BCUT2D eigenvalue weighted by atomic mass is 15.2. The fourth-order valence-corrected chi connectivity index (χ4v) is 2.75. The van der Waals surface area contributed by atoms with Crippen LogP contribution in [0.15, 0.2) is 23.3 Å². The molecule has 1 aromatic heterocycles. The molecular weight excluding hydrogens is 286 g/mol. The van der Waals surface area contributed by atoms with Gasteiger partial charge in [-0.15, -0.1) is 0 Å². The molecule has 0 atom stereocenters. The Balaban J connectivity index is 1.92. The van der Waals surface area contributed by atoms with Crippen molar-refractivity contribution < 1.29 is 0 Å². The molecule has 0 saturated carbocycles. The Kier molecular flexibility index (Phi) is 7.70. The molecule has 23 heavy (non-hydrogen) atoms. The smallest absolute Gasteiger partial charge is 0.191 e. The Morgan fingerprint density at radius 3 is 2.52 bits per heavy atom. The second-order valence-electron chi connectivity index (χ2n) is 6.05. The monoisotopic (exact) mass is 317 g/mol. The van der Waals surface area contributed by atoms with Crippen molar-refractivity contribution in [3.05, 3.63) is 23.9 Å². The van der Waals surface area contributed by atoms with Gasteiger partial charge >= 0.3 is 0 Å². The molecule has 0 aliphatic carbocycles. The molecule has 0 bridgehead atoms. The summed E-state index contributed by atoms with van der Waals surface area (Å²) < 4.78 is 0. The Morgan fingerprint density at radius 1 is 1.13 bits per heavy atom. The minimum Gasteiger partial charge on any atom is -0.357 e. The molecule has 5 nitrogen and oxygen atoms in total. The first-order valence-corrected chi connectivity index (χ1v) is 9.05. The molecule has 1 saturated heterocycles. The molecule has 0 spiro atoms. The molecule has 0 unspecified atom stereocenters. The number of guanidine groups is 1. The topological polar surface area (TPSA) is 52.6 Å². The highest BCUT2D eigenvalue weighted by Crippen LogP contribution is 2.17. The van der Waals surface area contributed by atoms with Crippen molar-refractivity contribution in [3.63, 3.8) is 0 Å². The molecule has 0 amide bonds. The van der Waals surface area contributed by atoms with Gasteiger partial charge in [0.15, 0.2) is 5.96 Å². The molecule has 5 heteroatoms. The van der Waals surface area contributed by atoms with E-state index in [0.717, 1.165) is 49.9 Å². The van der Waals surface area contributed by atoms with Crippen LogP contribution in [0.2, 0.25) is 0 Å². The van der Waals surface area contributed by atoms with E-state index < -0.39 is 0 Å². The van der Waals surface area contributed by atoms with Gasteiger partial charge in [0.25, 0.3) is 0 Å². The van der Waals surface area contributed by atoms with Gasteiger partial charge in [0.2, 0.25) is 0 Å². The van der Waals surface area contributed by atoms with Crippen LogP contribution in [0.5, 0.6) is 0 Å². The van der Waals surface area contributed by atoms with Crippen LogP contribution < -0.4 is 15.5 Å². The van der Waals surface area contributed by atoms with E-state index >= 15 is 0 Å². The van der Waals surface area contributed by atoms with Crippen LogP contribution in [0.3, 0.4) is 0 Å². The van der Waals surface area contributed by atoms with Crippen LogP contribution in [-0.2, 0) is 6.54 Å². The highest BCUT2D eigenvalue weighted by molar-refractivity contribution is 5.79. The lowest BCUT2D eigenvalue weighted by Gasteiger charge is -2.21. The molecular formula is C18H31N5.